The number of allylic oxidation sites excluding steroid dienone is 4. The molecule has 0 fully saturated rings. The second-order valence-electron chi connectivity index (χ2n) is 15.0. The zero-order valence-corrected chi connectivity index (χ0v) is 33.2. The van der Waals surface area contributed by atoms with Gasteiger partial charge in [0.25, 0.3) is 0 Å². The van der Waals surface area contributed by atoms with Gasteiger partial charge in [0.2, 0.25) is 0 Å². The molecule has 0 saturated heterocycles. The average Bonchev–Trinajstić information content (AvgIpc) is 3.09. The molecule has 0 saturated carbocycles. The van der Waals surface area contributed by atoms with Crippen molar-refractivity contribution in [1.29, 1.82) is 0 Å². The molecular formula is C46H88O2. The fraction of sp³-hybridized carbons (Fsp3) is 0.891. The van der Waals surface area contributed by atoms with E-state index in [2.05, 4.69) is 38.2 Å². The molecule has 0 spiro atoms. The molecule has 0 atom stereocenters. The molecule has 2 nitrogen and oxygen atoms in total. The van der Waals surface area contributed by atoms with Gasteiger partial charge in [-0.05, 0) is 44.9 Å². The fourth-order valence-electron chi connectivity index (χ4n) is 6.76. The summed E-state index contributed by atoms with van der Waals surface area (Å²) in [7, 11) is 0. The Morgan fingerprint density at radius 2 is 0.646 bits per heavy atom. The third kappa shape index (κ3) is 43.0. The highest BCUT2D eigenvalue weighted by molar-refractivity contribution is 5.69. The molecule has 0 aliphatic carbocycles. The topological polar surface area (TPSA) is 26.3 Å². The summed E-state index contributed by atoms with van der Waals surface area (Å²) in [5.74, 6) is 0.0201. The number of carbonyl (C=O) groups excluding carboxylic acids is 1. The van der Waals surface area contributed by atoms with Gasteiger partial charge in [0, 0.05) is 6.42 Å². The summed E-state index contributed by atoms with van der Waals surface area (Å²) < 4.78 is 5.46. The first-order valence-electron chi connectivity index (χ1n) is 22.3. The maximum Gasteiger partial charge on any atom is 0.305 e. The minimum absolute atomic E-state index is 0.0201. The van der Waals surface area contributed by atoms with Crippen LogP contribution in [0.1, 0.15) is 258 Å². The maximum atomic E-state index is 12.0. The Hall–Kier alpha value is -1.05. The Bertz CT molecular complexity index is 650. The lowest BCUT2D eigenvalue weighted by atomic mass is 10.0. The highest BCUT2D eigenvalue weighted by Crippen LogP contribution is 2.16. The highest BCUT2D eigenvalue weighted by atomic mass is 16.5. The van der Waals surface area contributed by atoms with Crippen molar-refractivity contribution >= 4 is 5.97 Å². The second kappa shape index (κ2) is 44.0. The van der Waals surface area contributed by atoms with E-state index in [0.717, 1.165) is 19.3 Å². The van der Waals surface area contributed by atoms with Gasteiger partial charge >= 0.3 is 5.97 Å². The number of hydrogen-bond acceptors (Lipinski definition) is 2. The summed E-state index contributed by atoms with van der Waals surface area (Å²) in [6.45, 7) is 5.18. The number of hydrogen-bond donors (Lipinski definition) is 0. The summed E-state index contributed by atoms with van der Waals surface area (Å²) in [6.07, 6.45) is 60.0. The smallest absolute Gasteiger partial charge is 0.305 e. The Balaban J connectivity index is 3.18. The van der Waals surface area contributed by atoms with Crippen molar-refractivity contribution in [3.8, 4) is 0 Å². The fourth-order valence-corrected chi connectivity index (χ4v) is 6.76. The number of rotatable bonds is 41. The number of carbonyl (C=O) groups is 1. The van der Waals surface area contributed by atoms with E-state index < -0.39 is 0 Å². The predicted octanol–water partition coefficient (Wildman–Crippen LogP) is 16.5. The van der Waals surface area contributed by atoms with Crippen LogP contribution in [0.3, 0.4) is 0 Å². The Morgan fingerprint density at radius 1 is 0.354 bits per heavy atom. The molecule has 284 valence electrons. The van der Waals surface area contributed by atoms with Crippen LogP contribution in [0.15, 0.2) is 24.3 Å². The van der Waals surface area contributed by atoms with E-state index in [-0.39, 0.29) is 5.97 Å². The normalized spacial score (nSPS) is 11.8. The van der Waals surface area contributed by atoms with Crippen molar-refractivity contribution in [2.45, 2.75) is 258 Å². The number of esters is 1. The lowest BCUT2D eigenvalue weighted by Crippen LogP contribution is -2.05. The van der Waals surface area contributed by atoms with Crippen LogP contribution in [0.25, 0.3) is 0 Å². The van der Waals surface area contributed by atoms with Crippen LogP contribution in [0.2, 0.25) is 0 Å². The standard InChI is InChI=1S/C46H88O2/c1-3-5-7-9-11-13-15-17-19-21-22-23-24-25-26-27-28-29-30-32-34-36-38-40-42-44-46(47)48-45-43-41-39-37-35-33-31-20-18-16-14-12-10-8-6-4-2/h12,14,18,20H,3-11,13,15-17,19,21-45H2,1-2H3/b14-12-,20-18+. The molecule has 0 rings (SSSR count). The first-order valence-corrected chi connectivity index (χ1v) is 22.3. The van der Waals surface area contributed by atoms with Crippen molar-refractivity contribution in [2.75, 3.05) is 6.61 Å². The Morgan fingerprint density at radius 3 is 1.04 bits per heavy atom. The monoisotopic (exact) mass is 673 g/mol. The molecule has 0 N–H and O–H groups in total. The van der Waals surface area contributed by atoms with Gasteiger partial charge in [0.05, 0.1) is 6.61 Å². The van der Waals surface area contributed by atoms with Crippen LogP contribution < -0.4 is 0 Å². The summed E-state index contributed by atoms with van der Waals surface area (Å²) in [5.41, 5.74) is 0. The van der Waals surface area contributed by atoms with Gasteiger partial charge < -0.3 is 4.74 Å². The minimum Gasteiger partial charge on any atom is -0.466 e. The van der Waals surface area contributed by atoms with Gasteiger partial charge in [0.1, 0.15) is 0 Å². The van der Waals surface area contributed by atoms with Crippen LogP contribution in [0, 0.1) is 0 Å². The molecule has 0 unspecified atom stereocenters. The predicted molar refractivity (Wildman–Crippen MR) is 216 cm³/mol. The molecule has 0 aromatic rings. The molecule has 48 heavy (non-hydrogen) atoms. The van der Waals surface area contributed by atoms with E-state index in [9.17, 15) is 4.79 Å². The van der Waals surface area contributed by atoms with Crippen LogP contribution >= 0.6 is 0 Å². The van der Waals surface area contributed by atoms with Crippen molar-refractivity contribution in [1.82, 2.24) is 0 Å². The maximum absolute atomic E-state index is 12.0. The van der Waals surface area contributed by atoms with E-state index in [1.54, 1.807) is 0 Å². The number of ether oxygens (including phenoxy) is 1. The first kappa shape index (κ1) is 47.0. The molecular weight excluding hydrogens is 585 g/mol. The van der Waals surface area contributed by atoms with Crippen LogP contribution in [0.5, 0.6) is 0 Å². The summed E-state index contributed by atoms with van der Waals surface area (Å²) in [5, 5.41) is 0. The summed E-state index contributed by atoms with van der Waals surface area (Å²) in [6, 6.07) is 0. The molecule has 0 aliphatic rings. The van der Waals surface area contributed by atoms with Gasteiger partial charge in [-0.25, -0.2) is 0 Å². The zero-order valence-electron chi connectivity index (χ0n) is 33.2. The Labute approximate surface area is 303 Å². The van der Waals surface area contributed by atoms with E-state index in [1.807, 2.05) is 0 Å². The Kier molecular flexibility index (Phi) is 43.0. The minimum atomic E-state index is 0.0201. The molecule has 0 aliphatic heterocycles. The van der Waals surface area contributed by atoms with E-state index in [4.69, 9.17) is 4.74 Å². The molecule has 0 aromatic carbocycles. The van der Waals surface area contributed by atoms with Crippen LogP contribution in [-0.2, 0) is 9.53 Å². The lowest BCUT2D eigenvalue weighted by molar-refractivity contribution is -0.143. The molecule has 0 radical (unpaired) electrons. The third-order valence-corrected chi connectivity index (χ3v) is 10.1. The zero-order chi connectivity index (χ0) is 34.7. The van der Waals surface area contributed by atoms with Gasteiger partial charge in [0.15, 0.2) is 0 Å². The van der Waals surface area contributed by atoms with E-state index in [0.29, 0.717) is 13.0 Å². The molecule has 2 heteroatoms. The van der Waals surface area contributed by atoms with Crippen molar-refractivity contribution in [2.24, 2.45) is 0 Å². The van der Waals surface area contributed by atoms with Crippen molar-refractivity contribution in [3.63, 3.8) is 0 Å². The molecule has 0 heterocycles. The molecule has 0 amide bonds. The molecule has 0 bridgehead atoms. The second-order valence-corrected chi connectivity index (χ2v) is 15.0. The first-order chi connectivity index (χ1) is 23.8. The van der Waals surface area contributed by atoms with E-state index >= 15 is 0 Å². The van der Waals surface area contributed by atoms with Crippen LogP contribution in [-0.4, -0.2) is 12.6 Å². The number of unbranched alkanes of at least 4 members (excludes halogenated alkanes) is 33. The van der Waals surface area contributed by atoms with Gasteiger partial charge in [-0.1, -0.05) is 231 Å². The van der Waals surface area contributed by atoms with E-state index in [1.165, 1.54) is 218 Å². The third-order valence-electron chi connectivity index (χ3n) is 10.1. The summed E-state index contributed by atoms with van der Waals surface area (Å²) in [4.78, 5) is 12.0. The van der Waals surface area contributed by atoms with Crippen molar-refractivity contribution < 1.29 is 9.53 Å². The highest BCUT2D eigenvalue weighted by Gasteiger charge is 2.03. The summed E-state index contributed by atoms with van der Waals surface area (Å²) >= 11 is 0. The SMILES string of the molecule is CCCCC/C=C\C/C=C/CCCCCCCCOC(=O)CCCCCCCCCCCCCCCCCCCCCCCCCCC. The average molecular weight is 673 g/mol. The van der Waals surface area contributed by atoms with Crippen molar-refractivity contribution in [3.05, 3.63) is 24.3 Å². The quantitative estimate of drug-likeness (QED) is 0.0367. The van der Waals surface area contributed by atoms with Gasteiger partial charge in [-0.3, -0.25) is 4.79 Å². The molecule has 0 aromatic heterocycles. The van der Waals surface area contributed by atoms with Gasteiger partial charge in [-0.2, -0.15) is 0 Å². The van der Waals surface area contributed by atoms with Crippen LogP contribution in [0.4, 0.5) is 0 Å². The lowest BCUT2D eigenvalue weighted by Gasteiger charge is -2.06. The van der Waals surface area contributed by atoms with Gasteiger partial charge in [-0.15, -0.1) is 0 Å². The largest absolute Gasteiger partial charge is 0.466 e.